The molecule has 0 aliphatic carbocycles. The van der Waals surface area contributed by atoms with E-state index in [4.69, 9.17) is 24.1 Å². The fourth-order valence-corrected chi connectivity index (χ4v) is 4.58. The van der Waals surface area contributed by atoms with Crippen molar-refractivity contribution in [3.05, 3.63) is 59.7 Å². The third-order valence-corrected chi connectivity index (χ3v) is 7.41. The van der Waals surface area contributed by atoms with Crippen LogP contribution in [0, 0.1) is 13.8 Å². The summed E-state index contributed by atoms with van der Waals surface area (Å²) in [6.45, 7) is 4.16. The van der Waals surface area contributed by atoms with Crippen molar-refractivity contribution >= 4 is 39.9 Å². The Kier molecular flexibility index (Phi) is 3.77. The van der Waals surface area contributed by atoms with Gasteiger partial charge in [-0.15, -0.1) is 12.2 Å². The van der Waals surface area contributed by atoms with Crippen LogP contribution in [0.5, 0.6) is 0 Å². The number of thiol groups is 1. The van der Waals surface area contributed by atoms with E-state index in [1.54, 1.807) is 0 Å². The van der Waals surface area contributed by atoms with Crippen molar-refractivity contribution in [2.75, 3.05) is 0 Å². The Morgan fingerprint density at radius 2 is 1.06 bits per heavy atom. The summed E-state index contributed by atoms with van der Waals surface area (Å²) in [5, 5.41) is 0.406. The molecule has 0 radical (unpaired) electrons. The predicted octanol–water partition coefficient (Wildman–Crippen LogP) is 3.58. The van der Waals surface area contributed by atoms with Crippen LogP contribution in [0.4, 0.5) is 0 Å². The van der Waals surface area contributed by atoms with Crippen molar-refractivity contribution in [2.45, 2.75) is 13.8 Å². The molecule has 0 bridgehead atoms. The first-order chi connectivity index (χ1) is 8.00. The van der Waals surface area contributed by atoms with Gasteiger partial charge < -0.3 is 0 Å². The van der Waals surface area contributed by atoms with Crippen LogP contribution < -0.4 is 10.6 Å². The minimum absolute atomic E-state index is 1.16. The maximum absolute atomic E-state index is 5.74. The monoisotopic (exact) mass is 278 g/mol. The van der Waals surface area contributed by atoms with E-state index in [-0.39, 0.29) is 0 Å². The van der Waals surface area contributed by atoms with Crippen LogP contribution in [-0.2, 0) is 11.8 Å². The van der Waals surface area contributed by atoms with Gasteiger partial charge in [0.05, 0.1) is 5.24 Å². The van der Waals surface area contributed by atoms with Gasteiger partial charge in [-0.3, -0.25) is 0 Å². The molecule has 2 rings (SSSR count). The highest BCUT2D eigenvalue weighted by atomic mass is 32.9. The molecular formula is C14H15PS2. The van der Waals surface area contributed by atoms with Gasteiger partial charge in [-0.2, -0.15) is 0 Å². The van der Waals surface area contributed by atoms with E-state index in [9.17, 15) is 0 Å². The first-order valence-corrected chi connectivity index (χ1v) is 9.43. The van der Waals surface area contributed by atoms with Crippen molar-refractivity contribution in [3.8, 4) is 0 Å². The van der Waals surface area contributed by atoms with Gasteiger partial charge >= 0.3 is 0 Å². The average molecular weight is 278 g/mol. The van der Waals surface area contributed by atoms with E-state index >= 15 is 0 Å². The standard InChI is InChI=1S/C14H15PS2/c1-11-3-7-13(8-4-11)15(16,17)14-9-5-12(2)6-10-14/h3-10H,1-2H3,(H,16,17). The van der Waals surface area contributed by atoms with E-state index in [1.807, 2.05) is 0 Å². The summed E-state index contributed by atoms with van der Waals surface area (Å²) in [4.78, 5) is 0. The molecule has 0 heterocycles. The van der Waals surface area contributed by atoms with Crippen molar-refractivity contribution in [1.82, 2.24) is 0 Å². The van der Waals surface area contributed by atoms with E-state index in [0.29, 0.717) is 0 Å². The zero-order valence-electron chi connectivity index (χ0n) is 9.92. The minimum atomic E-state index is -1.91. The first kappa shape index (κ1) is 12.9. The lowest BCUT2D eigenvalue weighted by Gasteiger charge is -2.17. The quantitative estimate of drug-likeness (QED) is 0.647. The van der Waals surface area contributed by atoms with E-state index in [0.717, 1.165) is 10.6 Å². The highest BCUT2D eigenvalue weighted by molar-refractivity contribution is 8.68. The smallest absolute Gasteiger partial charge is 0.0584 e. The van der Waals surface area contributed by atoms with Crippen molar-refractivity contribution in [2.24, 2.45) is 0 Å². The normalized spacial score (nSPS) is 11.5. The van der Waals surface area contributed by atoms with Gasteiger partial charge in [-0.25, -0.2) is 0 Å². The second-order valence-corrected chi connectivity index (χ2v) is 10.7. The number of aryl methyl sites for hydroxylation is 2. The number of benzene rings is 2. The van der Waals surface area contributed by atoms with Gasteiger partial charge in [0.2, 0.25) is 0 Å². The molecule has 0 N–H and O–H groups in total. The summed E-state index contributed by atoms with van der Waals surface area (Å²) in [7, 11) is 0. The van der Waals surface area contributed by atoms with E-state index < -0.39 is 5.24 Å². The highest BCUT2D eigenvalue weighted by Crippen LogP contribution is 2.48. The highest BCUT2D eigenvalue weighted by Gasteiger charge is 2.16. The summed E-state index contributed by atoms with van der Waals surface area (Å²) >= 11 is 10.5. The van der Waals surface area contributed by atoms with Gasteiger partial charge in [0.15, 0.2) is 0 Å². The molecule has 3 heteroatoms. The van der Waals surface area contributed by atoms with Gasteiger partial charge in [-0.1, -0.05) is 71.5 Å². The fourth-order valence-electron chi connectivity index (χ4n) is 1.64. The molecule has 0 spiro atoms. The molecule has 2 aromatic rings. The molecule has 0 amide bonds. The second kappa shape index (κ2) is 4.97. The lowest BCUT2D eigenvalue weighted by Crippen LogP contribution is -2.11. The molecule has 0 aliphatic rings. The van der Waals surface area contributed by atoms with Crippen LogP contribution in [-0.4, -0.2) is 0 Å². The first-order valence-electron chi connectivity index (χ1n) is 5.47. The van der Waals surface area contributed by atoms with E-state index in [1.165, 1.54) is 11.1 Å². The lowest BCUT2D eigenvalue weighted by atomic mass is 10.2. The Morgan fingerprint density at radius 1 is 0.765 bits per heavy atom. The van der Waals surface area contributed by atoms with Gasteiger partial charge in [0.1, 0.15) is 0 Å². The molecule has 0 atom stereocenters. The molecule has 88 valence electrons. The topological polar surface area (TPSA) is 0 Å². The van der Waals surface area contributed by atoms with Crippen molar-refractivity contribution in [3.63, 3.8) is 0 Å². The summed E-state index contributed by atoms with van der Waals surface area (Å²) in [5.74, 6) is 0. The van der Waals surface area contributed by atoms with Crippen molar-refractivity contribution in [1.29, 1.82) is 0 Å². The molecule has 0 aromatic heterocycles. The number of hydrogen-bond donors (Lipinski definition) is 1. The van der Waals surface area contributed by atoms with Crippen LogP contribution in [0.1, 0.15) is 11.1 Å². The molecular weight excluding hydrogens is 263 g/mol. The average Bonchev–Trinajstić information content (AvgIpc) is 2.30. The molecule has 0 unspecified atom stereocenters. The summed E-state index contributed by atoms with van der Waals surface area (Å²) < 4.78 is 0. The maximum Gasteiger partial charge on any atom is 0.0584 e. The van der Waals surface area contributed by atoms with Gasteiger partial charge in [-0.05, 0) is 24.5 Å². The molecule has 17 heavy (non-hydrogen) atoms. The Labute approximate surface area is 113 Å². The lowest BCUT2D eigenvalue weighted by molar-refractivity contribution is 1.49. The summed E-state index contributed by atoms with van der Waals surface area (Å²) in [6, 6.07) is 16.8. The predicted molar refractivity (Wildman–Crippen MR) is 84.9 cm³/mol. The van der Waals surface area contributed by atoms with Crippen LogP contribution >= 0.6 is 17.5 Å². The third kappa shape index (κ3) is 2.82. The summed E-state index contributed by atoms with van der Waals surface area (Å²) in [5.41, 5.74) is 2.50. The Balaban J connectivity index is 2.45. The maximum atomic E-state index is 5.74. The van der Waals surface area contributed by atoms with Crippen LogP contribution in [0.15, 0.2) is 48.5 Å². The van der Waals surface area contributed by atoms with Crippen molar-refractivity contribution < 1.29 is 0 Å². The van der Waals surface area contributed by atoms with Gasteiger partial charge in [0.25, 0.3) is 0 Å². The molecule has 0 fully saturated rings. The molecule has 2 aromatic carbocycles. The molecule has 0 saturated carbocycles. The molecule has 0 saturated heterocycles. The minimum Gasteiger partial charge on any atom is -0.133 e. The van der Waals surface area contributed by atoms with Crippen LogP contribution in [0.3, 0.4) is 0 Å². The Hall–Kier alpha value is -0.560. The van der Waals surface area contributed by atoms with Crippen LogP contribution in [0.2, 0.25) is 0 Å². The Bertz CT molecular complexity index is 506. The van der Waals surface area contributed by atoms with Crippen LogP contribution in [0.25, 0.3) is 0 Å². The summed E-state index contributed by atoms with van der Waals surface area (Å²) in [6.07, 6.45) is 0. The zero-order chi connectivity index (χ0) is 12.5. The Morgan fingerprint density at radius 3 is 1.35 bits per heavy atom. The van der Waals surface area contributed by atoms with Gasteiger partial charge in [0, 0.05) is 0 Å². The largest absolute Gasteiger partial charge is 0.133 e. The fraction of sp³-hybridized carbons (Fsp3) is 0.143. The molecule has 0 nitrogen and oxygen atoms in total. The zero-order valence-corrected chi connectivity index (χ0v) is 12.5. The SMILES string of the molecule is Cc1ccc(P(=S)(S)c2ccc(C)cc2)cc1. The third-order valence-electron chi connectivity index (χ3n) is 2.77. The number of rotatable bonds is 2. The van der Waals surface area contributed by atoms with E-state index in [2.05, 4.69) is 62.4 Å². The second-order valence-electron chi connectivity index (χ2n) is 4.25. The number of hydrogen-bond acceptors (Lipinski definition) is 1. The molecule has 0 aliphatic heterocycles.